The maximum Gasteiger partial charge on any atom is 0.253 e. The molecule has 0 aliphatic rings. The van der Waals surface area contributed by atoms with Crippen molar-refractivity contribution in [3.63, 3.8) is 0 Å². The van der Waals surface area contributed by atoms with Crippen molar-refractivity contribution in [2.75, 3.05) is 19.0 Å². The molecule has 1 N–H and O–H groups in total. The minimum absolute atomic E-state index is 0.151. The van der Waals surface area contributed by atoms with Crippen LogP contribution in [0.2, 0.25) is 0 Å². The predicted molar refractivity (Wildman–Crippen MR) is 81.7 cm³/mol. The van der Waals surface area contributed by atoms with E-state index in [1.54, 1.807) is 18.5 Å². The Kier molecular flexibility index (Phi) is 4.68. The number of hydrogen-bond acceptors (Lipinski definition) is 4. The third kappa shape index (κ3) is 3.77. The lowest BCUT2D eigenvalue weighted by Crippen LogP contribution is -2.23. The third-order valence-electron chi connectivity index (χ3n) is 2.69. The molecule has 2 aromatic rings. The van der Waals surface area contributed by atoms with Crippen molar-refractivity contribution in [1.82, 2.24) is 15.3 Å². The van der Waals surface area contributed by atoms with E-state index >= 15 is 0 Å². The summed E-state index contributed by atoms with van der Waals surface area (Å²) in [5, 5.41) is 2.86. The highest BCUT2D eigenvalue weighted by atomic mass is 79.9. The summed E-state index contributed by atoms with van der Waals surface area (Å²) in [5.74, 6) is 0.711. The average molecular weight is 335 g/mol. The molecule has 6 heteroatoms. The third-order valence-corrected chi connectivity index (χ3v) is 3.12. The van der Waals surface area contributed by atoms with Gasteiger partial charge < -0.3 is 10.2 Å². The summed E-state index contributed by atoms with van der Waals surface area (Å²) >= 11 is 3.30. The summed E-state index contributed by atoms with van der Waals surface area (Å²) in [6.45, 7) is 0.453. The number of nitrogens with zero attached hydrogens (tertiary/aromatic N) is 3. The molecule has 0 aliphatic carbocycles. The number of anilines is 1. The number of halogens is 1. The number of aromatic nitrogens is 2. The van der Waals surface area contributed by atoms with Crippen LogP contribution in [-0.4, -0.2) is 30.0 Å². The molecule has 20 heavy (non-hydrogen) atoms. The van der Waals surface area contributed by atoms with Gasteiger partial charge in [0.2, 0.25) is 0 Å². The number of carbonyl (C=O) groups is 1. The van der Waals surface area contributed by atoms with Gasteiger partial charge in [0.1, 0.15) is 5.82 Å². The van der Waals surface area contributed by atoms with E-state index in [2.05, 4.69) is 31.2 Å². The van der Waals surface area contributed by atoms with Crippen LogP contribution in [0.3, 0.4) is 0 Å². The first kappa shape index (κ1) is 14.5. The SMILES string of the molecule is CN(C)c1cc(CNC(=O)c2cncc(Br)c2)ccn1. The zero-order chi connectivity index (χ0) is 14.5. The van der Waals surface area contributed by atoms with Crippen molar-refractivity contribution in [2.24, 2.45) is 0 Å². The molecule has 2 aromatic heterocycles. The van der Waals surface area contributed by atoms with E-state index in [4.69, 9.17) is 0 Å². The van der Waals surface area contributed by atoms with E-state index in [-0.39, 0.29) is 5.91 Å². The Bertz CT molecular complexity index is 616. The van der Waals surface area contributed by atoms with Gasteiger partial charge >= 0.3 is 0 Å². The van der Waals surface area contributed by atoms with Gasteiger partial charge in [-0.1, -0.05) is 0 Å². The van der Waals surface area contributed by atoms with E-state index in [9.17, 15) is 4.79 Å². The molecule has 2 heterocycles. The average Bonchev–Trinajstić information content (AvgIpc) is 2.45. The molecule has 0 saturated heterocycles. The lowest BCUT2D eigenvalue weighted by Gasteiger charge is -2.12. The van der Waals surface area contributed by atoms with Crippen LogP contribution in [0.1, 0.15) is 15.9 Å². The van der Waals surface area contributed by atoms with E-state index < -0.39 is 0 Å². The Balaban J connectivity index is 2.02. The summed E-state index contributed by atoms with van der Waals surface area (Å²) in [5.41, 5.74) is 1.53. The largest absolute Gasteiger partial charge is 0.363 e. The molecular weight excluding hydrogens is 320 g/mol. The highest BCUT2D eigenvalue weighted by Gasteiger charge is 2.06. The molecule has 5 nitrogen and oxygen atoms in total. The van der Waals surface area contributed by atoms with Gasteiger partial charge in [-0.15, -0.1) is 0 Å². The van der Waals surface area contributed by atoms with Crippen LogP contribution in [0, 0.1) is 0 Å². The fourth-order valence-corrected chi connectivity index (χ4v) is 2.00. The summed E-state index contributed by atoms with van der Waals surface area (Å²) < 4.78 is 0.781. The van der Waals surface area contributed by atoms with Crippen LogP contribution in [-0.2, 0) is 6.54 Å². The molecule has 2 rings (SSSR count). The van der Waals surface area contributed by atoms with Gasteiger partial charge in [-0.3, -0.25) is 9.78 Å². The minimum Gasteiger partial charge on any atom is -0.363 e. The van der Waals surface area contributed by atoms with Crippen molar-refractivity contribution in [3.8, 4) is 0 Å². The van der Waals surface area contributed by atoms with E-state index in [0.717, 1.165) is 15.9 Å². The van der Waals surface area contributed by atoms with E-state index in [1.807, 2.05) is 31.1 Å². The molecule has 0 saturated carbocycles. The molecule has 0 spiro atoms. The lowest BCUT2D eigenvalue weighted by atomic mass is 10.2. The van der Waals surface area contributed by atoms with E-state index in [1.165, 1.54) is 6.20 Å². The van der Waals surface area contributed by atoms with Gasteiger partial charge in [-0.25, -0.2) is 4.98 Å². The van der Waals surface area contributed by atoms with Crippen molar-refractivity contribution >= 4 is 27.7 Å². The highest BCUT2D eigenvalue weighted by Crippen LogP contribution is 2.11. The number of nitrogens with one attached hydrogen (secondary N) is 1. The minimum atomic E-state index is -0.151. The molecular formula is C14H15BrN4O. The molecule has 0 radical (unpaired) electrons. The Morgan fingerprint density at radius 1 is 1.35 bits per heavy atom. The lowest BCUT2D eigenvalue weighted by molar-refractivity contribution is 0.0950. The Hall–Kier alpha value is -1.95. The zero-order valence-electron chi connectivity index (χ0n) is 11.3. The second kappa shape index (κ2) is 6.47. The maximum atomic E-state index is 12.0. The Morgan fingerprint density at radius 2 is 2.15 bits per heavy atom. The smallest absolute Gasteiger partial charge is 0.253 e. The predicted octanol–water partition coefficient (Wildman–Crippen LogP) is 2.24. The van der Waals surface area contributed by atoms with Gasteiger partial charge in [0.05, 0.1) is 5.56 Å². The fraction of sp³-hybridized carbons (Fsp3) is 0.214. The first-order valence-corrected chi connectivity index (χ1v) is 6.86. The van der Waals surface area contributed by atoms with Crippen molar-refractivity contribution in [2.45, 2.75) is 6.54 Å². The molecule has 0 bridgehead atoms. The molecule has 1 amide bonds. The summed E-state index contributed by atoms with van der Waals surface area (Å²) in [4.78, 5) is 22.1. The topological polar surface area (TPSA) is 58.1 Å². The van der Waals surface area contributed by atoms with Gasteiger partial charge in [-0.05, 0) is 39.7 Å². The van der Waals surface area contributed by atoms with Crippen LogP contribution < -0.4 is 10.2 Å². The van der Waals surface area contributed by atoms with Crippen LogP contribution in [0.4, 0.5) is 5.82 Å². The fourth-order valence-electron chi connectivity index (χ4n) is 1.64. The Labute approximate surface area is 126 Å². The van der Waals surface area contributed by atoms with Gasteiger partial charge in [0.15, 0.2) is 0 Å². The molecule has 0 atom stereocenters. The summed E-state index contributed by atoms with van der Waals surface area (Å²) in [6, 6.07) is 5.56. The molecule has 0 fully saturated rings. The number of rotatable bonds is 4. The second-order valence-electron chi connectivity index (χ2n) is 4.49. The van der Waals surface area contributed by atoms with Crippen molar-refractivity contribution < 1.29 is 4.79 Å². The Morgan fingerprint density at radius 3 is 2.85 bits per heavy atom. The summed E-state index contributed by atoms with van der Waals surface area (Å²) in [7, 11) is 3.86. The normalized spacial score (nSPS) is 10.2. The molecule has 0 aliphatic heterocycles. The maximum absolute atomic E-state index is 12.0. The monoisotopic (exact) mass is 334 g/mol. The van der Waals surface area contributed by atoms with Crippen molar-refractivity contribution in [3.05, 3.63) is 52.4 Å². The van der Waals surface area contributed by atoms with E-state index in [0.29, 0.717) is 12.1 Å². The van der Waals surface area contributed by atoms with Crippen LogP contribution in [0.15, 0.2) is 41.3 Å². The standard InChI is InChI=1S/C14H15BrN4O/c1-19(2)13-5-10(3-4-17-13)7-18-14(20)11-6-12(15)9-16-8-11/h3-6,8-9H,7H2,1-2H3,(H,18,20). The first-order chi connectivity index (χ1) is 9.56. The van der Waals surface area contributed by atoms with Gasteiger partial charge in [-0.2, -0.15) is 0 Å². The second-order valence-corrected chi connectivity index (χ2v) is 5.41. The van der Waals surface area contributed by atoms with Crippen molar-refractivity contribution in [1.29, 1.82) is 0 Å². The van der Waals surface area contributed by atoms with Crippen LogP contribution in [0.25, 0.3) is 0 Å². The summed E-state index contributed by atoms with van der Waals surface area (Å²) in [6.07, 6.45) is 4.92. The van der Waals surface area contributed by atoms with Gasteiger partial charge in [0.25, 0.3) is 5.91 Å². The first-order valence-electron chi connectivity index (χ1n) is 6.07. The quantitative estimate of drug-likeness (QED) is 0.931. The van der Waals surface area contributed by atoms with Crippen LogP contribution >= 0.6 is 15.9 Å². The number of pyridine rings is 2. The molecule has 0 aromatic carbocycles. The number of amides is 1. The number of carbonyl (C=O) groups excluding carboxylic acids is 1. The zero-order valence-corrected chi connectivity index (χ0v) is 12.9. The molecule has 0 unspecified atom stereocenters. The van der Waals surface area contributed by atoms with Crippen LogP contribution in [0.5, 0.6) is 0 Å². The molecule has 104 valence electrons. The number of hydrogen-bond donors (Lipinski definition) is 1. The van der Waals surface area contributed by atoms with Gasteiger partial charge in [0, 0.05) is 43.7 Å². The highest BCUT2D eigenvalue weighted by molar-refractivity contribution is 9.10.